The zero-order valence-corrected chi connectivity index (χ0v) is 17.7. The number of carbonyl (C=O) groups is 1. The Morgan fingerprint density at radius 3 is 2.50 bits per heavy atom. The van der Waals surface area contributed by atoms with Crippen LogP contribution in [0.4, 0.5) is 0 Å². The smallest absolute Gasteiger partial charge is 0.243 e. The third-order valence-corrected chi connectivity index (χ3v) is 7.69. The summed E-state index contributed by atoms with van der Waals surface area (Å²) < 4.78 is 27.3. The number of carbonyl (C=O) groups excluding carboxylic acids is 1. The number of likely N-dealkylation sites (tertiary alicyclic amines) is 1. The first kappa shape index (κ1) is 21.3. The minimum Gasteiger partial charge on any atom is -0.356 e. The van der Waals surface area contributed by atoms with Crippen LogP contribution in [0.15, 0.2) is 29.2 Å². The van der Waals surface area contributed by atoms with Gasteiger partial charge in [0.15, 0.2) is 0 Å². The number of hydrogen-bond acceptors (Lipinski definition) is 4. The molecule has 7 heteroatoms. The van der Waals surface area contributed by atoms with E-state index in [-0.39, 0.29) is 18.4 Å². The number of benzene rings is 1. The lowest BCUT2D eigenvalue weighted by molar-refractivity contribution is -0.126. The van der Waals surface area contributed by atoms with E-state index in [4.69, 9.17) is 0 Å². The molecule has 1 atom stereocenters. The molecule has 0 saturated carbocycles. The topological polar surface area (TPSA) is 69.7 Å². The molecule has 0 bridgehead atoms. The maximum atomic E-state index is 12.9. The van der Waals surface area contributed by atoms with Crippen molar-refractivity contribution in [2.24, 2.45) is 5.92 Å². The van der Waals surface area contributed by atoms with Crippen molar-refractivity contribution in [3.8, 4) is 0 Å². The van der Waals surface area contributed by atoms with Crippen LogP contribution in [0.25, 0.3) is 0 Å². The average Bonchev–Trinajstić information content (AvgIpc) is 2.72. The molecule has 2 saturated heterocycles. The quantitative estimate of drug-likeness (QED) is 0.705. The molecule has 2 heterocycles. The van der Waals surface area contributed by atoms with E-state index in [1.807, 2.05) is 19.1 Å². The van der Waals surface area contributed by atoms with Crippen LogP contribution in [-0.2, 0) is 14.8 Å². The maximum Gasteiger partial charge on any atom is 0.243 e. The third-order valence-electron chi connectivity index (χ3n) is 5.81. The second-order valence-electron chi connectivity index (χ2n) is 8.06. The van der Waals surface area contributed by atoms with Crippen LogP contribution in [0.3, 0.4) is 0 Å². The standard InChI is InChI=1S/C21H33N3O3S/c1-18-8-10-20(11-9-18)28(26,27)24-16-5-7-19(17-24)21(25)22-12-6-15-23-13-3-2-4-14-23/h8-11,19H,2-7,12-17H2,1H3,(H,22,25)/t19-/m0/s1. The molecule has 1 N–H and O–H groups in total. The van der Waals surface area contributed by atoms with Crippen molar-refractivity contribution in [1.82, 2.24) is 14.5 Å². The third kappa shape index (κ3) is 5.55. The van der Waals surface area contributed by atoms with Crippen LogP contribution in [0.1, 0.15) is 44.1 Å². The van der Waals surface area contributed by atoms with E-state index in [2.05, 4.69) is 10.2 Å². The number of sulfonamides is 1. The zero-order chi connectivity index (χ0) is 20.0. The van der Waals surface area contributed by atoms with Crippen LogP contribution in [0.5, 0.6) is 0 Å². The maximum absolute atomic E-state index is 12.9. The van der Waals surface area contributed by atoms with Gasteiger partial charge in [0.1, 0.15) is 0 Å². The number of nitrogens with zero attached hydrogens (tertiary/aromatic N) is 2. The molecule has 0 aromatic heterocycles. The van der Waals surface area contributed by atoms with E-state index in [1.54, 1.807) is 12.1 Å². The molecule has 1 amide bonds. The number of hydrogen-bond donors (Lipinski definition) is 1. The van der Waals surface area contributed by atoms with Crippen molar-refractivity contribution >= 4 is 15.9 Å². The number of rotatable bonds is 7. The molecule has 0 spiro atoms. The van der Waals surface area contributed by atoms with Gasteiger partial charge in [0, 0.05) is 19.6 Å². The number of aryl methyl sites for hydroxylation is 1. The fourth-order valence-corrected chi connectivity index (χ4v) is 5.60. The van der Waals surface area contributed by atoms with Gasteiger partial charge < -0.3 is 10.2 Å². The Morgan fingerprint density at radius 1 is 1.07 bits per heavy atom. The number of piperidine rings is 2. The summed E-state index contributed by atoms with van der Waals surface area (Å²) in [5, 5.41) is 3.02. The summed E-state index contributed by atoms with van der Waals surface area (Å²) in [4.78, 5) is 15.3. The van der Waals surface area contributed by atoms with Crippen molar-refractivity contribution < 1.29 is 13.2 Å². The Balaban J connectivity index is 1.48. The highest BCUT2D eigenvalue weighted by molar-refractivity contribution is 7.89. The van der Waals surface area contributed by atoms with Crippen LogP contribution in [0.2, 0.25) is 0 Å². The summed E-state index contributed by atoms with van der Waals surface area (Å²) in [5.74, 6) is -0.272. The lowest BCUT2D eigenvalue weighted by atomic mass is 9.99. The lowest BCUT2D eigenvalue weighted by Gasteiger charge is -2.31. The van der Waals surface area contributed by atoms with Crippen LogP contribution < -0.4 is 5.32 Å². The minimum atomic E-state index is -3.54. The predicted molar refractivity (Wildman–Crippen MR) is 111 cm³/mol. The van der Waals surface area contributed by atoms with Gasteiger partial charge in [-0.3, -0.25) is 4.79 Å². The van der Waals surface area contributed by atoms with E-state index < -0.39 is 10.0 Å². The van der Waals surface area contributed by atoms with Crippen molar-refractivity contribution in [3.05, 3.63) is 29.8 Å². The van der Waals surface area contributed by atoms with E-state index in [0.717, 1.165) is 31.4 Å². The van der Waals surface area contributed by atoms with Crippen LogP contribution >= 0.6 is 0 Å². The van der Waals surface area contributed by atoms with Gasteiger partial charge in [0.25, 0.3) is 0 Å². The number of amides is 1. The summed E-state index contributed by atoms with van der Waals surface area (Å²) >= 11 is 0. The van der Waals surface area contributed by atoms with Gasteiger partial charge in [-0.15, -0.1) is 0 Å². The fraction of sp³-hybridized carbons (Fsp3) is 0.667. The molecule has 3 rings (SSSR count). The van der Waals surface area contributed by atoms with Crippen molar-refractivity contribution in [3.63, 3.8) is 0 Å². The largest absolute Gasteiger partial charge is 0.356 e. The van der Waals surface area contributed by atoms with Crippen molar-refractivity contribution in [2.45, 2.75) is 50.3 Å². The molecule has 2 aliphatic heterocycles. The first-order valence-corrected chi connectivity index (χ1v) is 12.0. The number of nitrogens with one attached hydrogen (secondary N) is 1. The fourth-order valence-electron chi connectivity index (χ4n) is 4.08. The molecule has 1 aromatic carbocycles. The van der Waals surface area contributed by atoms with Gasteiger partial charge in [0.05, 0.1) is 10.8 Å². The van der Waals surface area contributed by atoms with Crippen molar-refractivity contribution in [2.75, 3.05) is 39.3 Å². The van der Waals surface area contributed by atoms with Gasteiger partial charge in [-0.05, 0) is 70.8 Å². The van der Waals surface area contributed by atoms with Gasteiger partial charge >= 0.3 is 0 Å². The Hall–Kier alpha value is -1.44. The summed E-state index contributed by atoms with van der Waals surface area (Å²) in [5.41, 5.74) is 1.03. The molecule has 1 aromatic rings. The summed E-state index contributed by atoms with van der Waals surface area (Å²) in [6.45, 7) is 6.71. The molecule has 0 radical (unpaired) electrons. The molecule has 156 valence electrons. The van der Waals surface area contributed by atoms with E-state index in [1.165, 1.54) is 36.7 Å². The summed E-state index contributed by atoms with van der Waals surface area (Å²) in [6, 6.07) is 6.91. The highest BCUT2D eigenvalue weighted by Gasteiger charge is 2.33. The summed E-state index contributed by atoms with van der Waals surface area (Å²) in [6.07, 6.45) is 6.30. The highest BCUT2D eigenvalue weighted by Crippen LogP contribution is 2.24. The van der Waals surface area contributed by atoms with Gasteiger partial charge in [-0.2, -0.15) is 4.31 Å². The van der Waals surface area contributed by atoms with Crippen LogP contribution in [-0.4, -0.2) is 62.8 Å². The Kier molecular flexibility index (Phi) is 7.48. The molecule has 0 aliphatic carbocycles. The Morgan fingerprint density at radius 2 is 1.79 bits per heavy atom. The van der Waals surface area contributed by atoms with Gasteiger partial charge in [0.2, 0.25) is 15.9 Å². The average molecular weight is 408 g/mol. The minimum absolute atomic E-state index is 0.0116. The second-order valence-corrected chi connectivity index (χ2v) is 10.0. The van der Waals surface area contributed by atoms with Gasteiger partial charge in [-0.1, -0.05) is 24.1 Å². The molecule has 2 aliphatic rings. The monoisotopic (exact) mass is 407 g/mol. The van der Waals surface area contributed by atoms with E-state index in [0.29, 0.717) is 18.0 Å². The normalized spacial score (nSPS) is 22.1. The van der Waals surface area contributed by atoms with Crippen molar-refractivity contribution in [1.29, 1.82) is 0 Å². The molecular formula is C21H33N3O3S. The highest BCUT2D eigenvalue weighted by atomic mass is 32.2. The first-order valence-electron chi connectivity index (χ1n) is 10.5. The Labute approximate surface area is 169 Å². The van der Waals surface area contributed by atoms with E-state index >= 15 is 0 Å². The molecule has 2 fully saturated rings. The molecule has 28 heavy (non-hydrogen) atoms. The first-order chi connectivity index (χ1) is 13.5. The summed E-state index contributed by atoms with van der Waals surface area (Å²) in [7, 11) is -3.54. The van der Waals surface area contributed by atoms with E-state index in [9.17, 15) is 13.2 Å². The predicted octanol–water partition coefficient (Wildman–Crippen LogP) is 2.39. The Bertz CT molecular complexity index is 743. The second kappa shape index (κ2) is 9.85. The molecule has 0 unspecified atom stereocenters. The molecule has 6 nitrogen and oxygen atoms in total. The molecular weight excluding hydrogens is 374 g/mol. The van der Waals surface area contributed by atoms with Gasteiger partial charge in [-0.25, -0.2) is 8.42 Å². The van der Waals surface area contributed by atoms with Crippen LogP contribution in [0, 0.1) is 12.8 Å². The zero-order valence-electron chi connectivity index (χ0n) is 16.9. The lowest BCUT2D eigenvalue weighted by Crippen LogP contribution is -2.45. The SMILES string of the molecule is Cc1ccc(S(=O)(=O)N2CCC[C@H](C(=O)NCCCN3CCCCC3)C2)cc1.